The van der Waals surface area contributed by atoms with E-state index in [1.54, 1.807) is 43.3 Å². The molecule has 0 bridgehead atoms. The van der Waals surface area contributed by atoms with Gasteiger partial charge in [0.05, 0.1) is 5.69 Å². The van der Waals surface area contributed by atoms with Crippen LogP contribution in [-0.4, -0.2) is 23.4 Å². The molecule has 24 heavy (non-hydrogen) atoms. The van der Waals surface area contributed by atoms with E-state index in [0.717, 1.165) is 0 Å². The predicted molar refractivity (Wildman–Crippen MR) is 87.3 cm³/mol. The van der Waals surface area contributed by atoms with Gasteiger partial charge in [-0.05, 0) is 36.4 Å². The zero-order chi connectivity index (χ0) is 16.7. The van der Waals surface area contributed by atoms with Crippen molar-refractivity contribution in [2.24, 2.45) is 0 Å². The Hall–Kier alpha value is -3.35. The smallest absolute Gasteiger partial charge is 0.262 e. The van der Waals surface area contributed by atoms with Gasteiger partial charge in [-0.2, -0.15) is 0 Å². The maximum absolute atomic E-state index is 12.4. The van der Waals surface area contributed by atoms with Crippen LogP contribution in [0, 0.1) is 6.92 Å². The molecule has 4 rings (SSSR count). The number of carbonyl (C=O) groups excluding carboxylic acids is 2. The Morgan fingerprint density at radius 2 is 2.12 bits per heavy atom. The molecule has 7 heteroatoms. The molecule has 0 spiro atoms. The number of carbonyl (C=O) groups is 2. The zero-order valence-electron chi connectivity index (χ0n) is 12.8. The fraction of sp³-hybridized carbons (Fsp3) is 0.118. The fourth-order valence-corrected chi connectivity index (χ4v) is 2.54. The summed E-state index contributed by atoms with van der Waals surface area (Å²) in [5.74, 6) is 0.556. The monoisotopic (exact) mass is 323 g/mol. The predicted octanol–water partition coefficient (Wildman–Crippen LogP) is 2.72. The molecule has 0 radical (unpaired) electrons. The minimum atomic E-state index is -0.280. The normalized spacial score (nSPS) is 13.1. The molecule has 7 nitrogen and oxygen atoms in total. The molecular formula is C17H13N3O4. The highest BCUT2D eigenvalue weighted by Gasteiger charge is 2.18. The first kappa shape index (κ1) is 14.3. The lowest BCUT2D eigenvalue weighted by atomic mass is 10.1. The van der Waals surface area contributed by atoms with Crippen molar-refractivity contribution >= 4 is 34.3 Å². The van der Waals surface area contributed by atoms with E-state index in [4.69, 9.17) is 9.15 Å². The van der Waals surface area contributed by atoms with Crippen molar-refractivity contribution < 1.29 is 18.7 Å². The molecule has 1 aliphatic rings. The number of fused-ring (bicyclic) bond motifs is 2. The van der Waals surface area contributed by atoms with Crippen LogP contribution >= 0.6 is 0 Å². The second-order valence-electron chi connectivity index (χ2n) is 5.42. The van der Waals surface area contributed by atoms with E-state index in [0.29, 0.717) is 39.7 Å². The summed E-state index contributed by atoms with van der Waals surface area (Å²) in [7, 11) is 0. The summed E-state index contributed by atoms with van der Waals surface area (Å²) in [4.78, 5) is 27.9. The van der Waals surface area contributed by atoms with Crippen molar-refractivity contribution in [3.05, 3.63) is 47.9 Å². The quantitative estimate of drug-likeness (QED) is 0.756. The van der Waals surface area contributed by atoms with Crippen molar-refractivity contribution in [2.75, 3.05) is 17.2 Å². The third-order valence-electron chi connectivity index (χ3n) is 3.63. The molecule has 2 heterocycles. The largest absolute Gasteiger partial charge is 0.482 e. The first-order chi connectivity index (χ1) is 11.6. The number of aromatic nitrogens is 1. The van der Waals surface area contributed by atoms with Gasteiger partial charge in [-0.15, -0.1) is 0 Å². The summed E-state index contributed by atoms with van der Waals surface area (Å²) < 4.78 is 10.7. The van der Waals surface area contributed by atoms with Gasteiger partial charge in [0.15, 0.2) is 18.1 Å². The van der Waals surface area contributed by atoms with Crippen molar-refractivity contribution in [1.82, 2.24) is 4.98 Å². The van der Waals surface area contributed by atoms with Gasteiger partial charge in [-0.1, -0.05) is 0 Å². The highest BCUT2D eigenvalue weighted by Crippen LogP contribution is 2.29. The number of oxazole rings is 1. The number of aryl methyl sites for hydroxylation is 1. The molecule has 2 amide bonds. The second-order valence-corrected chi connectivity index (χ2v) is 5.42. The van der Waals surface area contributed by atoms with Gasteiger partial charge in [0, 0.05) is 18.2 Å². The van der Waals surface area contributed by atoms with E-state index in [9.17, 15) is 9.59 Å². The minimum absolute atomic E-state index is 0.0553. The van der Waals surface area contributed by atoms with E-state index in [2.05, 4.69) is 15.6 Å². The minimum Gasteiger partial charge on any atom is -0.482 e. The Labute approximate surface area is 136 Å². The number of benzene rings is 2. The molecule has 0 atom stereocenters. The number of nitrogens with zero attached hydrogens (tertiary/aromatic N) is 1. The Kier molecular flexibility index (Phi) is 3.19. The molecular weight excluding hydrogens is 310 g/mol. The second kappa shape index (κ2) is 5.38. The first-order valence-corrected chi connectivity index (χ1v) is 7.34. The summed E-state index contributed by atoms with van der Waals surface area (Å²) in [5, 5.41) is 5.50. The summed E-state index contributed by atoms with van der Waals surface area (Å²) in [6.45, 7) is 1.71. The maximum atomic E-state index is 12.4. The number of nitrogens with one attached hydrogen (secondary N) is 2. The van der Waals surface area contributed by atoms with Gasteiger partial charge in [-0.25, -0.2) is 4.98 Å². The Morgan fingerprint density at radius 3 is 3.00 bits per heavy atom. The Bertz CT molecular complexity index is 977. The van der Waals surface area contributed by atoms with Gasteiger partial charge < -0.3 is 19.8 Å². The molecule has 0 saturated heterocycles. The van der Waals surface area contributed by atoms with E-state index in [-0.39, 0.29) is 18.4 Å². The van der Waals surface area contributed by atoms with E-state index in [1.807, 2.05) is 0 Å². The van der Waals surface area contributed by atoms with Gasteiger partial charge in [0.25, 0.3) is 11.8 Å². The topological polar surface area (TPSA) is 93.5 Å². The number of hydrogen-bond acceptors (Lipinski definition) is 5. The molecule has 1 aromatic heterocycles. The van der Waals surface area contributed by atoms with Crippen molar-refractivity contribution in [3.63, 3.8) is 0 Å². The van der Waals surface area contributed by atoms with Crippen LogP contribution < -0.4 is 15.4 Å². The lowest BCUT2D eigenvalue weighted by molar-refractivity contribution is -0.118. The van der Waals surface area contributed by atoms with Crippen molar-refractivity contribution in [3.8, 4) is 5.75 Å². The van der Waals surface area contributed by atoms with Crippen molar-refractivity contribution in [2.45, 2.75) is 6.92 Å². The van der Waals surface area contributed by atoms with E-state index in [1.165, 1.54) is 0 Å². The summed E-state index contributed by atoms with van der Waals surface area (Å²) in [6.07, 6.45) is 0. The Balaban J connectivity index is 1.57. The lowest BCUT2D eigenvalue weighted by Gasteiger charge is -2.18. The third-order valence-corrected chi connectivity index (χ3v) is 3.63. The van der Waals surface area contributed by atoms with Crippen molar-refractivity contribution in [1.29, 1.82) is 0 Å². The molecule has 2 N–H and O–H groups in total. The van der Waals surface area contributed by atoms with Gasteiger partial charge in [0.2, 0.25) is 0 Å². The average molecular weight is 323 g/mol. The van der Waals surface area contributed by atoms with Gasteiger partial charge in [0.1, 0.15) is 11.3 Å². The number of amides is 2. The molecule has 1 aliphatic heterocycles. The highest BCUT2D eigenvalue weighted by atomic mass is 16.5. The Morgan fingerprint density at radius 1 is 1.25 bits per heavy atom. The molecule has 2 aromatic carbocycles. The average Bonchev–Trinajstić information content (AvgIpc) is 2.93. The first-order valence-electron chi connectivity index (χ1n) is 7.34. The SMILES string of the molecule is Cc1nc2cc(NC(=O)c3ccc4c(c3)OCC(=O)N4)ccc2o1. The molecule has 0 aliphatic carbocycles. The zero-order valence-corrected chi connectivity index (χ0v) is 12.8. The molecule has 120 valence electrons. The molecule has 3 aromatic rings. The van der Waals surface area contributed by atoms with Gasteiger partial charge >= 0.3 is 0 Å². The van der Waals surface area contributed by atoms with E-state index < -0.39 is 0 Å². The summed E-state index contributed by atoms with van der Waals surface area (Å²) >= 11 is 0. The molecule has 0 fully saturated rings. The van der Waals surface area contributed by atoms with Crippen LogP contribution in [0.1, 0.15) is 16.2 Å². The van der Waals surface area contributed by atoms with Crippen LogP contribution in [0.15, 0.2) is 40.8 Å². The summed E-state index contributed by atoms with van der Waals surface area (Å²) in [5.41, 5.74) is 2.96. The summed E-state index contributed by atoms with van der Waals surface area (Å²) in [6, 6.07) is 10.1. The standard InChI is InChI=1S/C17H13N3O4/c1-9-18-13-7-11(3-5-14(13)24-9)19-17(22)10-2-4-12-15(6-10)23-8-16(21)20-12/h2-7H,8H2,1H3,(H,19,22)(H,20,21). The van der Waals surface area contributed by atoms with Crippen LogP contribution in [0.4, 0.5) is 11.4 Å². The lowest BCUT2D eigenvalue weighted by Crippen LogP contribution is -2.25. The molecule has 0 unspecified atom stereocenters. The molecule has 0 saturated carbocycles. The van der Waals surface area contributed by atoms with Crippen LogP contribution in [0.25, 0.3) is 11.1 Å². The van der Waals surface area contributed by atoms with Crippen LogP contribution in [0.3, 0.4) is 0 Å². The number of ether oxygens (including phenoxy) is 1. The number of hydrogen-bond donors (Lipinski definition) is 2. The highest BCUT2D eigenvalue weighted by molar-refractivity contribution is 6.06. The maximum Gasteiger partial charge on any atom is 0.262 e. The third kappa shape index (κ3) is 2.56. The fourth-order valence-electron chi connectivity index (χ4n) is 2.54. The van der Waals surface area contributed by atoms with E-state index >= 15 is 0 Å². The van der Waals surface area contributed by atoms with Crippen LogP contribution in [0.2, 0.25) is 0 Å². The number of anilines is 2. The van der Waals surface area contributed by atoms with Crippen LogP contribution in [-0.2, 0) is 4.79 Å². The number of rotatable bonds is 2. The van der Waals surface area contributed by atoms with Gasteiger partial charge in [-0.3, -0.25) is 9.59 Å². The van der Waals surface area contributed by atoms with Crippen LogP contribution in [0.5, 0.6) is 5.75 Å².